The van der Waals surface area contributed by atoms with Crippen LogP contribution in [-0.4, -0.2) is 9.97 Å². The fourth-order valence-electron chi connectivity index (χ4n) is 6.07. The van der Waals surface area contributed by atoms with Crippen molar-refractivity contribution < 1.29 is 0 Å². The van der Waals surface area contributed by atoms with Crippen molar-refractivity contribution in [1.82, 2.24) is 9.97 Å². The lowest BCUT2D eigenvalue weighted by Crippen LogP contribution is -1.84. The summed E-state index contributed by atoms with van der Waals surface area (Å²) in [5, 5.41) is 37.2. The Morgan fingerprint density at radius 2 is 0.898 bits per heavy atom. The predicted molar refractivity (Wildman–Crippen MR) is 205 cm³/mol. The van der Waals surface area contributed by atoms with Crippen LogP contribution in [0.1, 0.15) is 87.0 Å². The van der Waals surface area contributed by atoms with E-state index >= 15 is 0 Å². The van der Waals surface area contributed by atoms with E-state index in [0.717, 1.165) is 74.1 Å². The second kappa shape index (κ2) is 16.5. The van der Waals surface area contributed by atoms with Crippen LogP contribution in [0.15, 0.2) is 47.5 Å². The molecule has 0 aliphatic heterocycles. The lowest BCUT2D eigenvalue weighted by Gasteiger charge is -2.00. The molecular weight excluding hydrogens is 661 g/mol. The quantitative estimate of drug-likeness (QED) is 0.112. The highest BCUT2D eigenvalue weighted by Crippen LogP contribution is 2.47. The maximum atomic E-state index is 9.31. The van der Waals surface area contributed by atoms with E-state index in [2.05, 4.69) is 74.1 Å². The molecule has 9 heteroatoms. The van der Waals surface area contributed by atoms with Crippen LogP contribution in [-0.2, 0) is 25.7 Å². The normalized spacial score (nSPS) is 10.6. The molecule has 0 bridgehead atoms. The average molecular weight is 699 g/mol. The van der Waals surface area contributed by atoms with Crippen molar-refractivity contribution in [3.63, 3.8) is 0 Å². The first-order chi connectivity index (χ1) is 23.9. The van der Waals surface area contributed by atoms with Gasteiger partial charge in [-0.1, -0.05) is 53.4 Å². The van der Waals surface area contributed by atoms with Crippen LogP contribution in [0.5, 0.6) is 0 Å². The number of hydrogen-bond donors (Lipinski definition) is 2. The van der Waals surface area contributed by atoms with Crippen molar-refractivity contribution >= 4 is 46.2 Å². The zero-order valence-electron chi connectivity index (χ0n) is 28.3. The average Bonchev–Trinajstić information content (AvgIpc) is 3.94. The first-order valence-electron chi connectivity index (χ1n) is 16.7. The second-order valence-electron chi connectivity index (χ2n) is 11.9. The number of nitriles is 4. The summed E-state index contributed by atoms with van der Waals surface area (Å²) < 4.78 is 0. The minimum absolute atomic E-state index is 0.0851. The Morgan fingerprint density at radius 3 is 1.24 bits per heavy atom. The van der Waals surface area contributed by atoms with Gasteiger partial charge in [0.1, 0.15) is 35.4 Å². The molecule has 246 valence electrons. The van der Waals surface area contributed by atoms with Gasteiger partial charge in [-0.25, -0.2) is 0 Å². The van der Waals surface area contributed by atoms with Crippen LogP contribution in [0.3, 0.4) is 0 Å². The minimum atomic E-state index is 0.0851. The summed E-state index contributed by atoms with van der Waals surface area (Å²) >= 11 is 5.46. The molecule has 49 heavy (non-hydrogen) atoms. The van der Waals surface area contributed by atoms with Crippen LogP contribution < -0.4 is 0 Å². The van der Waals surface area contributed by atoms with Crippen molar-refractivity contribution in [2.45, 2.75) is 79.1 Å². The number of nitrogens with one attached hydrogen (secondary N) is 2. The highest BCUT2D eigenvalue weighted by atomic mass is 32.1. The monoisotopic (exact) mass is 698 g/mol. The summed E-state index contributed by atoms with van der Waals surface area (Å²) in [5.74, 6) is 0. The molecule has 0 aromatic carbocycles. The number of nitrogens with zero attached hydrogens (tertiary/aromatic N) is 4. The van der Waals surface area contributed by atoms with Gasteiger partial charge in [-0.2, -0.15) is 21.0 Å². The van der Waals surface area contributed by atoms with Gasteiger partial charge >= 0.3 is 0 Å². The van der Waals surface area contributed by atoms with Gasteiger partial charge in [0.15, 0.2) is 0 Å². The largest absolute Gasteiger partial charge is 0.354 e. The second-order valence-corrected chi connectivity index (χ2v) is 15.1. The molecule has 5 heterocycles. The van der Waals surface area contributed by atoms with E-state index in [4.69, 9.17) is 0 Å². The van der Waals surface area contributed by atoms with Gasteiger partial charge in [0, 0.05) is 30.9 Å². The molecule has 5 aromatic heterocycles. The zero-order chi connectivity index (χ0) is 34.9. The molecule has 0 amide bonds. The van der Waals surface area contributed by atoms with Gasteiger partial charge < -0.3 is 9.97 Å². The smallest absolute Gasteiger partial charge is 0.131 e. The first kappa shape index (κ1) is 35.4. The molecule has 0 unspecified atom stereocenters. The number of thiophene rings is 3. The van der Waals surface area contributed by atoms with Crippen molar-refractivity contribution in [3.05, 3.63) is 81.2 Å². The summed E-state index contributed by atoms with van der Waals surface area (Å²) in [5.41, 5.74) is 8.94. The van der Waals surface area contributed by atoms with Crippen LogP contribution in [0.4, 0.5) is 0 Å². The molecule has 0 spiro atoms. The minimum Gasteiger partial charge on any atom is -0.354 e. The molecule has 5 aromatic rings. The molecule has 5 rings (SSSR count). The number of aromatic amines is 2. The summed E-state index contributed by atoms with van der Waals surface area (Å²) in [7, 11) is 0. The number of rotatable bonds is 14. The van der Waals surface area contributed by atoms with Gasteiger partial charge in [-0.3, -0.25) is 0 Å². The van der Waals surface area contributed by atoms with Crippen molar-refractivity contribution in [2.24, 2.45) is 0 Å². The number of H-pyrrole nitrogens is 2. The fraction of sp³-hybridized carbons (Fsp3) is 0.300. The number of allylic oxidation sites excluding steroid dienone is 2. The van der Waals surface area contributed by atoms with Crippen LogP contribution in [0, 0.1) is 45.3 Å². The van der Waals surface area contributed by atoms with E-state index in [1.807, 2.05) is 58.3 Å². The Bertz CT molecular complexity index is 2000. The van der Waals surface area contributed by atoms with Crippen molar-refractivity contribution in [3.8, 4) is 64.9 Å². The molecule has 0 aliphatic carbocycles. The highest BCUT2D eigenvalue weighted by molar-refractivity contribution is 7.28. The summed E-state index contributed by atoms with van der Waals surface area (Å²) in [6.07, 6.45) is 11.1. The van der Waals surface area contributed by atoms with Crippen molar-refractivity contribution in [2.75, 3.05) is 0 Å². The molecule has 0 saturated heterocycles. The molecule has 0 saturated carbocycles. The highest BCUT2D eigenvalue weighted by Gasteiger charge is 2.21. The van der Waals surface area contributed by atoms with Gasteiger partial charge in [0.25, 0.3) is 0 Å². The number of aromatic nitrogens is 2. The van der Waals surface area contributed by atoms with Crippen LogP contribution in [0.25, 0.3) is 52.8 Å². The number of hydrogen-bond acceptors (Lipinski definition) is 7. The van der Waals surface area contributed by atoms with Gasteiger partial charge in [0.05, 0.1) is 21.1 Å². The van der Waals surface area contributed by atoms with E-state index in [-0.39, 0.29) is 11.1 Å². The van der Waals surface area contributed by atoms with Gasteiger partial charge in [-0.15, -0.1) is 34.0 Å². The maximum Gasteiger partial charge on any atom is 0.131 e. The molecule has 0 radical (unpaired) electrons. The Morgan fingerprint density at radius 1 is 0.531 bits per heavy atom. The van der Waals surface area contributed by atoms with Gasteiger partial charge in [-0.05, 0) is 96.5 Å². The molecule has 0 atom stereocenters. The zero-order valence-corrected chi connectivity index (χ0v) is 30.7. The van der Waals surface area contributed by atoms with Crippen molar-refractivity contribution in [1.29, 1.82) is 21.0 Å². The van der Waals surface area contributed by atoms with Crippen LogP contribution >= 0.6 is 34.0 Å². The van der Waals surface area contributed by atoms with E-state index in [9.17, 15) is 21.0 Å². The fourth-order valence-corrected chi connectivity index (χ4v) is 9.86. The molecule has 6 nitrogen and oxygen atoms in total. The third-order valence-electron chi connectivity index (χ3n) is 8.16. The predicted octanol–water partition coefficient (Wildman–Crippen LogP) is 11.9. The van der Waals surface area contributed by atoms with E-state index in [1.165, 1.54) is 51.5 Å². The van der Waals surface area contributed by atoms with E-state index in [0.29, 0.717) is 0 Å². The van der Waals surface area contributed by atoms with E-state index < -0.39 is 0 Å². The Hall–Kier alpha value is -4.90. The SMILES string of the molecule is CCCc1cc(C=C(C#N)C#N)[nH]c1-c1cc(CCC)c(-c2ccc(-c3sc(-c4[nH]c(C=C(C#N)C#N)cc4CCC)cc3CCC)s2)s1. The summed E-state index contributed by atoms with van der Waals surface area (Å²) in [6.45, 7) is 8.76. The Kier molecular flexibility index (Phi) is 11.9. The Balaban J connectivity index is 1.55. The first-order valence-corrected chi connectivity index (χ1v) is 19.2. The molecule has 0 aliphatic rings. The summed E-state index contributed by atoms with van der Waals surface area (Å²) in [4.78, 5) is 14.5. The lowest BCUT2D eigenvalue weighted by molar-refractivity contribution is 0.924. The molecule has 0 fully saturated rings. The van der Waals surface area contributed by atoms with E-state index in [1.54, 1.807) is 12.2 Å². The maximum absolute atomic E-state index is 9.31. The summed E-state index contributed by atoms with van der Waals surface area (Å²) in [6, 6.07) is 21.2. The number of aryl methyl sites for hydroxylation is 4. The van der Waals surface area contributed by atoms with Gasteiger partial charge in [0.2, 0.25) is 0 Å². The third-order valence-corrected chi connectivity index (χ3v) is 12.0. The standard InChI is InChI=1S/C40H38N6S3/c1-5-9-27-17-31(15-25(21-41)22-42)45-37(27)35-19-29(11-7-3)39(48-35)33-13-14-34(47-33)40-30(12-8-4)20-36(49-40)38-28(10-6-2)18-32(46-38)16-26(23-43)24-44/h13-20,45-46H,5-12H2,1-4H3. The Labute approximate surface area is 300 Å². The molecular formula is C40H38N6S3. The third kappa shape index (κ3) is 7.88. The van der Waals surface area contributed by atoms with Crippen LogP contribution in [0.2, 0.25) is 0 Å². The lowest BCUT2D eigenvalue weighted by atomic mass is 10.1. The topological polar surface area (TPSA) is 127 Å². The molecule has 2 N–H and O–H groups in total.